The third kappa shape index (κ3) is 6.87. The van der Waals surface area contributed by atoms with Crippen molar-refractivity contribution in [3.63, 3.8) is 0 Å². The van der Waals surface area contributed by atoms with E-state index in [1.165, 1.54) is 19.2 Å². The number of methoxy groups -OCH3 is 1. The number of amides is 2. The molecule has 5 nitrogen and oxygen atoms in total. The molecule has 0 aliphatic carbocycles. The second-order valence-corrected chi connectivity index (χ2v) is 5.14. The van der Waals surface area contributed by atoms with Gasteiger partial charge < -0.3 is 20.5 Å². The summed E-state index contributed by atoms with van der Waals surface area (Å²) >= 11 is 0. The van der Waals surface area contributed by atoms with E-state index in [-0.39, 0.29) is 13.2 Å². The zero-order valence-electron chi connectivity index (χ0n) is 13.0. The van der Waals surface area contributed by atoms with Crippen LogP contribution in [0.4, 0.5) is 18.0 Å². The number of rotatable bonds is 7. The number of hydrogen-bond donors (Lipinski definition) is 3. The van der Waals surface area contributed by atoms with Gasteiger partial charge in [0.05, 0.1) is 24.3 Å². The van der Waals surface area contributed by atoms with E-state index in [2.05, 4.69) is 10.6 Å². The van der Waals surface area contributed by atoms with Crippen molar-refractivity contribution in [2.75, 3.05) is 20.3 Å². The van der Waals surface area contributed by atoms with Crippen molar-refractivity contribution < 1.29 is 27.8 Å². The fourth-order valence-electron chi connectivity index (χ4n) is 1.94. The molecule has 0 aliphatic rings. The highest BCUT2D eigenvalue weighted by Crippen LogP contribution is 2.30. The van der Waals surface area contributed by atoms with Crippen LogP contribution in [0.1, 0.15) is 30.5 Å². The number of aliphatic hydroxyl groups excluding tert-OH is 1. The third-order valence-corrected chi connectivity index (χ3v) is 3.18. The summed E-state index contributed by atoms with van der Waals surface area (Å²) in [5.74, 6) is 0. The molecule has 1 rings (SSSR count). The molecule has 0 bridgehead atoms. The predicted octanol–water partition coefficient (Wildman–Crippen LogP) is 2.46. The topological polar surface area (TPSA) is 70.6 Å². The average Bonchev–Trinajstić information content (AvgIpc) is 2.46. The van der Waals surface area contributed by atoms with Crippen molar-refractivity contribution in [3.05, 3.63) is 35.4 Å². The fourth-order valence-corrected chi connectivity index (χ4v) is 1.94. The van der Waals surface area contributed by atoms with Gasteiger partial charge in [-0.25, -0.2) is 4.79 Å². The highest BCUT2D eigenvalue weighted by atomic mass is 19.4. The smallest absolute Gasteiger partial charge is 0.391 e. The zero-order chi connectivity index (χ0) is 17.5. The Labute approximate surface area is 132 Å². The van der Waals surface area contributed by atoms with Gasteiger partial charge in [0.2, 0.25) is 0 Å². The minimum Gasteiger partial charge on any atom is -0.391 e. The molecule has 1 aromatic carbocycles. The zero-order valence-corrected chi connectivity index (χ0v) is 13.0. The van der Waals surface area contributed by atoms with Crippen molar-refractivity contribution in [3.8, 4) is 0 Å². The number of hydrogen-bond acceptors (Lipinski definition) is 3. The van der Waals surface area contributed by atoms with E-state index in [1.54, 1.807) is 6.92 Å². The number of carbonyl (C=O) groups excluding carboxylic acids is 1. The maximum Gasteiger partial charge on any atom is 0.416 e. The molecule has 3 N–H and O–H groups in total. The molecule has 23 heavy (non-hydrogen) atoms. The molecule has 2 atom stereocenters. The van der Waals surface area contributed by atoms with Crippen LogP contribution in [-0.4, -0.2) is 37.5 Å². The summed E-state index contributed by atoms with van der Waals surface area (Å²) in [5.41, 5.74) is -0.402. The normalized spacial score (nSPS) is 14.2. The van der Waals surface area contributed by atoms with Crippen molar-refractivity contribution >= 4 is 6.03 Å². The van der Waals surface area contributed by atoms with E-state index in [1.807, 2.05) is 0 Å². The summed E-state index contributed by atoms with van der Waals surface area (Å²) in [4.78, 5) is 11.7. The van der Waals surface area contributed by atoms with E-state index in [4.69, 9.17) is 4.74 Å². The number of alkyl halides is 3. The average molecular weight is 334 g/mol. The summed E-state index contributed by atoms with van der Waals surface area (Å²) in [6.07, 6.45) is -4.78. The highest BCUT2D eigenvalue weighted by molar-refractivity contribution is 5.74. The number of halogens is 3. The molecule has 0 heterocycles. The van der Waals surface area contributed by atoms with Crippen LogP contribution < -0.4 is 10.6 Å². The molecule has 0 spiro atoms. The van der Waals surface area contributed by atoms with Crippen LogP contribution in [0.3, 0.4) is 0 Å². The first kappa shape index (κ1) is 19.2. The maximum atomic E-state index is 12.7. The van der Waals surface area contributed by atoms with Gasteiger partial charge in [0.25, 0.3) is 0 Å². The van der Waals surface area contributed by atoms with Gasteiger partial charge in [0.15, 0.2) is 0 Å². The standard InChI is InChI=1S/C15H21F3N2O3/c1-10(11-4-3-5-12(8-11)15(16,17)18)20-14(22)19-7-6-13(21)9-23-2/h3-5,8,10,13,21H,6-7,9H2,1-2H3,(H2,19,20,22). The third-order valence-electron chi connectivity index (χ3n) is 3.18. The summed E-state index contributed by atoms with van der Waals surface area (Å²) in [7, 11) is 1.46. The molecule has 0 saturated heterocycles. The number of urea groups is 1. The number of nitrogens with one attached hydrogen (secondary N) is 2. The van der Waals surface area contributed by atoms with Crippen molar-refractivity contribution in [1.29, 1.82) is 0 Å². The Balaban J connectivity index is 2.49. The van der Waals surface area contributed by atoms with Crippen LogP contribution in [0.15, 0.2) is 24.3 Å². The lowest BCUT2D eigenvalue weighted by atomic mass is 10.1. The lowest BCUT2D eigenvalue weighted by Gasteiger charge is -2.17. The van der Waals surface area contributed by atoms with E-state index < -0.39 is 29.9 Å². The van der Waals surface area contributed by atoms with Gasteiger partial charge in [-0.3, -0.25) is 0 Å². The maximum absolute atomic E-state index is 12.7. The minimum atomic E-state index is -4.42. The van der Waals surface area contributed by atoms with Gasteiger partial charge in [-0.2, -0.15) is 13.2 Å². The molecule has 2 unspecified atom stereocenters. The lowest BCUT2D eigenvalue weighted by Crippen LogP contribution is -2.38. The number of benzene rings is 1. The Morgan fingerprint density at radius 1 is 1.39 bits per heavy atom. The van der Waals surface area contributed by atoms with Crippen LogP contribution in [0.5, 0.6) is 0 Å². The molecule has 1 aromatic rings. The Kier molecular flexibility index (Phi) is 7.31. The monoisotopic (exact) mass is 334 g/mol. The molecular formula is C15H21F3N2O3. The minimum absolute atomic E-state index is 0.171. The van der Waals surface area contributed by atoms with Gasteiger partial charge in [0, 0.05) is 13.7 Å². The van der Waals surface area contributed by atoms with Crippen molar-refractivity contribution in [1.82, 2.24) is 10.6 Å². The van der Waals surface area contributed by atoms with Crippen molar-refractivity contribution in [2.45, 2.75) is 31.7 Å². The van der Waals surface area contributed by atoms with E-state index in [9.17, 15) is 23.1 Å². The first-order valence-electron chi connectivity index (χ1n) is 7.12. The number of carbonyl (C=O) groups is 1. The first-order valence-corrected chi connectivity index (χ1v) is 7.12. The molecule has 0 aliphatic heterocycles. The van der Waals surface area contributed by atoms with Crippen molar-refractivity contribution in [2.24, 2.45) is 0 Å². The van der Waals surface area contributed by atoms with Gasteiger partial charge in [-0.15, -0.1) is 0 Å². The van der Waals surface area contributed by atoms with Gasteiger partial charge in [0.1, 0.15) is 0 Å². The highest BCUT2D eigenvalue weighted by Gasteiger charge is 2.30. The molecule has 0 aromatic heterocycles. The molecular weight excluding hydrogens is 313 g/mol. The predicted molar refractivity (Wildman–Crippen MR) is 78.9 cm³/mol. The van der Waals surface area contributed by atoms with Gasteiger partial charge in [-0.05, 0) is 31.0 Å². The summed E-state index contributed by atoms with van der Waals surface area (Å²) < 4.78 is 42.7. The van der Waals surface area contributed by atoms with Gasteiger partial charge in [-0.1, -0.05) is 12.1 Å². The lowest BCUT2D eigenvalue weighted by molar-refractivity contribution is -0.137. The SMILES string of the molecule is COCC(O)CCNC(=O)NC(C)c1cccc(C(F)(F)F)c1. The number of aliphatic hydroxyl groups is 1. The quantitative estimate of drug-likeness (QED) is 0.717. The molecule has 130 valence electrons. The van der Waals surface area contributed by atoms with Crippen LogP contribution in [0.25, 0.3) is 0 Å². The second kappa shape index (κ2) is 8.73. The Hall–Kier alpha value is -1.80. The van der Waals surface area contributed by atoms with Crippen LogP contribution in [0.2, 0.25) is 0 Å². The Morgan fingerprint density at radius 3 is 2.70 bits per heavy atom. The summed E-state index contributed by atoms with van der Waals surface area (Å²) in [6, 6.07) is 3.71. The summed E-state index contributed by atoms with van der Waals surface area (Å²) in [6.45, 7) is 1.99. The molecule has 2 amide bonds. The fraction of sp³-hybridized carbons (Fsp3) is 0.533. The molecule has 8 heteroatoms. The van der Waals surface area contributed by atoms with Crippen LogP contribution in [-0.2, 0) is 10.9 Å². The Bertz CT molecular complexity index is 509. The van der Waals surface area contributed by atoms with Crippen LogP contribution >= 0.6 is 0 Å². The van der Waals surface area contributed by atoms with Gasteiger partial charge >= 0.3 is 12.2 Å². The first-order chi connectivity index (χ1) is 10.7. The van der Waals surface area contributed by atoms with E-state index in [0.717, 1.165) is 12.1 Å². The molecule has 0 fully saturated rings. The van der Waals surface area contributed by atoms with E-state index >= 15 is 0 Å². The molecule has 0 radical (unpaired) electrons. The second-order valence-electron chi connectivity index (χ2n) is 5.14. The Morgan fingerprint density at radius 2 is 2.09 bits per heavy atom. The molecule has 0 saturated carbocycles. The van der Waals surface area contributed by atoms with Crippen LogP contribution in [0, 0.1) is 0 Å². The number of ether oxygens (including phenoxy) is 1. The van der Waals surface area contributed by atoms with E-state index in [0.29, 0.717) is 12.0 Å². The largest absolute Gasteiger partial charge is 0.416 e. The summed E-state index contributed by atoms with van der Waals surface area (Å²) in [5, 5.41) is 14.5.